The molecule has 5 heteroatoms. The number of hydrogen-bond acceptors (Lipinski definition) is 4. The van der Waals surface area contributed by atoms with E-state index in [1.54, 1.807) is 12.1 Å². The number of oxazole rings is 1. The zero-order chi connectivity index (χ0) is 16.9. The average Bonchev–Trinajstić information content (AvgIpc) is 2.86. The summed E-state index contributed by atoms with van der Waals surface area (Å²) >= 11 is 0. The van der Waals surface area contributed by atoms with Gasteiger partial charge in [-0.3, -0.25) is 0 Å². The van der Waals surface area contributed by atoms with Crippen LogP contribution in [0.1, 0.15) is 44.5 Å². The number of amides is 1. The van der Waals surface area contributed by atoms with E-state index in [1.807, 2.05) is 25.1 Å². The average molecular weight is 316 g/mol. The molecule has 0 fully saturated rings. The van der Waals surface area contributed by atoms with Crippen LogP contribution < -0.4 is 10.1 Å². The van der Waals surface area contributed by atoms with Gasteiger partial charge in [0.1, 0.15) is 11.5 Å². The van der Waals surface area contributed by atoms with Crippen molar-refractivity contribution in [3.63, 3.8) is 0 Å². The summed E-state index contributed by atoms with van der Waals surface area (Å²) in [5.74, 6) is 2.17. The van der Waals surface area contributed by atoms with Crippen molar-refractivity contribution in [2.24, 2.45) is 0 Å². The first kappa shape index (κ1) is 17.1. The van der Waals surface area contributed by atoms with Crippen molar-refractivity contribution in [2.45, 2.75) is 46.0 Å². The fourth-order valence-corrected chi connectivity index (χ4v) is 2.05. The topological polar surface area (TPSA) is 64.4 Å². The van der Waals surface area contributed by atoms with E-state index < -0.39 is 6.09 Å². The first-order valence-electron chi connectivity index (χ1n) is 7.84. The number of nitrogens with zero attached hydrogens (tertiary/aromatic N) is 1. The second kappa shape index (κ2) is 7.31. The summed E-state index contributed by atoms with van der Waals surface area (Å²) in [4.78, 5) is 16.1. The van der Waals surface area contributed by atoms with Gasteiger partial charge in [-0.05, 0) is 25.5 Å². The van der Waals surface area contributed by atoms with Gasteiger partial charge < -0.3 is 14.5 Å². The van der Waals surface area contributed by atoms with Crippen LogP contribution in [0, 0.1) is 6.92 Å². The lowest BCUT2D eigenvalue weighted by Gasteiger charge is -2.12. The molecule has 5 nitrogen and oxygen atoms in total. The lowest BCUT2D eigenvalue weighted by atomic mass is 9.97. The molecule has 0 aliphatic carbocycles. The van der Waals surface area contributed by atoms with Crippen LogP contribution in [0.15, 0.2) is 34.7 Å². The molecule has 2 aromatic rings. The lowest BCUT2D eigenvalue weighted by molar-refractivity contribution is 0.200. The number of aryl methyl sites for hydroxylation is 2. The van der Waals surface area contributed by atoms with Crippen LogP contribution in [-0.2, 0) is 11.8 Å². The highest BCUT2D eigenvalue weighted by Crippen LogP contribution is 2.24. The monoisotopic (exact) mass is 316 g/mol. The van der Waals surface area contributed by atoms with Gasteiger partial charge in [-0.15, -0.1) is 0 Å². The van der Waals surface area contributed by atoms with Crippen LogP contribution in [0.5, 0.6) is 5.75 Å². The molecule has 2 rings (SSSR count). The molecule has 1 amide bonds. The van der Waals surface area contributed by atoms with Gasteiger partial charge in [0.25, 0.3) is 0 Å². The molecular formula is C18H24N2O3. The van der Waals surface area contributed by atoms with E-state index in [1.165, 1.54) is 0 Å². The van der Waals surface area contributed by atoms with Gasteiger partial charge in [-0.2, -0.15) is 0 Å². The van der Waals surface area contributed by atoms with E-state index in [2.05, 4.69) is 31.1 Å². The van der Waals surface area contributed by atoms with Crippen molar-refractivity contribution >= 4 is 6.09 Å². The van der Waals surface area contributed by atoms with Gasteiger partial charge >= 0.3 is 6.09 Å². The molecule has 0 radical (unpaired) electrons. The maximum atomic E-state index is 11.7. The Labute approximate surface area is 137 Å². The number of carbonyl (C=O) groups excluding carboxylic acids is 1. The molecule has 1 aromatic carbocycles. The first-order chi connectivity index (χ1) is 10.9. The van der Waals surface area contributed by atoms with Crippen LogP contribution in [0.2, 0.25) is 0 Å². The Hall–Kier alpha value is -2.30. The summed E-state index contributed by atoms with van der Waals surface area (Å²) in [6, 6.07) is 9.00. The summed E-state index contributed by atoms with van der Waals surface area (Å²) in [6.45, 7) is 8.69. The Morgan fingerprint density at radius 1 is 1.26 bits per heavy atom. The number of carbonyl (C=O) groups is 1. The fourth-order valence-electron chi connectivity index (χ4n) is 2.05. The van der Waals surface area contributed by atoms with Crippen molar-refractivity contribution in [2.75, 3.05) is 6.54 Å². The van der Waals surface area contributed by atoms with Crippen LogP contribution in [-0.4, -0.2) is 17.6 Å². The van der Waals surface area contributed by atoms with E-state index in [9.17, 15) is 4.79 Å². The van der Waals surface area contributed by atoms with Gasteiger partial charge in [0.15, 0.2) is 5.89 Å². The quantitative estimate of drug-likeness (QED) is 0.847. The maximum absolute atomic E-state index is 11.7. The molecular weight excluding hydrogens is 292 g/mol. The third-order valence-electron chi connectivity index (χ3n) is 3.34. The molecule has 0 bridgehead atoms. The van der Waals surface area contributed by atoms with E-state index in [0.717, 1.165) is 30.2 Å². The SMILES string of the molecule is Cc1nc(C(C)(C)C)oc1CCCNC(=O)Oc1ccccc1. The molecule has 0 aliphatic rings. The van der Waals surface area contributed by atoms with Crippen molar-refractivity contribution in [3.05, 3.63) is 47.7 Å². The molecule has 0 saturated carbocycles. The second-order valence-electron chi connectivity index (χ2n) is 6.51. The summed E-state index contributed by atoms with van der Waals surface area (Å²) in [5, 5.41) is 2.73. The Bertz CT molecular complexity index is 642. The molecule has 0 spiro atoms. The standard InChI is InChI=1S/C18H24N2O3/c1-13-15(23-16(20-13)18(2,3)4)11-8-12-19-17(21)22-14-9-6-5-7-10-14/h5-7,9-10H,8,11-12H2,1-4H3,(H,19,21). The normalized spacial score (nSPS) is 11.3. The third-order valence-corrected chi connectivity index (χ3v) is 3.34. The Balaban J connectivity index is 1.75. The largest absolute Gasteiger partial charge is 0.445 e. The van der Waals surface area contributed by atoms with Crippen molar-refractivity contribution < 1.29 is 13.9 Å². The molecule has 0 atom stereocenters. The summed E-state index contributed by atoms with van der Waals surface area (Å²) < 4.78 is 11.0. The molecule has 0 saturated heterocycles. The van der Waals surface area contributed by atoms with Crippen LogP contribution in [0.4, 0.5) is 4.79 Å². The predicted molar refractivity (Wildman–Crippen MR) is 88.7 cm³/mol. The fraction of sp³-hybridized carbons (Fsp3) is 0.444. The summed E-state index contributed by atoms with van der Waals surface area (Å²) in [5.41, 5.74) is 0.822. The molecule has 23 heavy (non-hydrogen) atoms. The maximum Gasteiger partial charge on any atom is 0.412 e. The third kappa shape index (κ3) is 5.13. The van der Waals surface area contributed by atoms with Gasteiger partial charge in [0.2, 0.25) is 0 Å². The highest BCUT2D eigenvalue weighted by atomic mass is 16.6. The number of hydrogen-bond donors (Lipinski definition) is 1. The Morgan fingerprint density at radius 3 is 2.57 bits per heavy atom. The first-order valence-corrected chi connectivity index (χ1v) is 7.84. The van der Waals surface area contributed by atoms with E-state index in [4.69, 9.17) is 9.15 Å². The number of nitrogens with one attached hydrogen (secondary N) is 1. The summed E-state index contributed by atoms with van der Waals surface area (Å²) in [6.07, 6.45) is 1.06. The minimum atomic E-state index is -0.444. The summed E-state index contributed by atoms with van der Waals surface area (Å²) in [7, 11) is 0. The van der Waals surface area contributed by atoms with Crippen molar-refractivity contribution in [1.82, 2.24) is 10.3 Å². The minimum absolute atomic E-state index is 0.0965. The van der Waals surface area contributed by atoms with Crippen molar-refractivity contribution in [1.29, 1.82) is 0 Å². The van der Waals surface area contributed by atoms with Crippen LogP contribution in [0.3, 0.4) is 0 Å². The molecule has 1 heterocycles. The van der Waals surface area contributed by atoms with Crippen LogP contribution in [0.25, 0.3) is 0 Å². The van der Waals surface area contributed by atoms with Gasteiger partial charge in [0, 0.05) is 18.4 Å². The van der Waals surface area contributed by atoms with E-state index in [-0.39, 0.29) is 5.41 Å². The molecule has 1 N–H and O–H groups in total. The number of ether oxygens (including phenoxy) is 1. The highest BCUT2D eigenvalue weighted by Gasteiger charge is 2.22. The predicted octanol–water partition coefficient (Wildman–Crippen LogP) is 4.00. The number of para-hydroxylation sites is 1. The molecule has 0 unspecified atom stereocenters. The van der Waals surface area contributed by atoms with Gasteiger partial charge in [0.05, 0.1) is 5.69 Å². The number of aromatic nitrogens is 1. The van der Waals surface area contributed by atoms with E-state index >= 15 is 0 Å². The van der Waals surface area contributed by atoms with Crippen molar-refractivity contribution in [3.8, 4) is 5.75 Å². The van der Waals surface area contributed by atoms with Gasteiger partial charge in [-0.1, -0.05) is 39.0 Å². The van der Waals surface area contributed by atoms with E-state index in [0.29, 0.717) is 12.3 Å². The Morgan fingerprint density at radius 2 is 1.96 bits per heavy atom. The molecule has 1 aromatic heterocycles. The number of benzene rings is 1. The van der Waals surface area contributed by atoms with Gasteiger partial charge in [-0.25, -0.2) is 9.78 Å². The zero-order valence-corrected chi connectivity index (χ0v) is 14.2. The zero-order valence-electron chi connectivity index (χ0n) is 14.2. The second-order valence-corrected chi connectivity index (χ2v) is 6.51. The smallest absolute Gasteiger partial charge is 0.412 e. The minimum Gasteiger partial charge on any atom is -0.445 e. The number of rotatable bonds is 5. The lowest BCUT2D eigenvalue weighted by Crippen LogP contribution is -2.27. The Kier molecular flexibility index (Phi) is 5.42. The molecule has 0 aliphatic heterocycles. The molecule has 124 valence electrons. The highest BCUT2D eigenvalue weighted by molar-refractivity contribution is 5.70. The van der Waals surface area contributed by atoms with Crippen LogP contribution >= 0.6 is 0 Å².